The lowest BCUT2D eigenvalue weighted by Crippen LogP contribution is -2.27. The number of carbonyl (C=O) groups excluding carboxylic acids is 1. The van der Waals surface area contributed by atoms with Crippen LogP contribution in [0.25, 0.3) is 0 Å². The summed E-state index contributed by atoms with van der Waals surface area (Å²) in [7, 11) is 1.88. The van der Waals surface area contributed by atoms with E-state index < -0.39 is 0 Å². The van der Waals surface area contributed by atoms with Crippen LogP contribution in [-0.4, -0.2) is 19.4 Å². The van der Waals surface area contributed by atoms with Gasteiger partial charge in [-0.3, -0.25) is 4.79 Å². The summed E-state index contributed by atoms with van der Waals surface area (Å²) in [5.74, 6) is 1.46. The molecule has 1 N–H and O–H groups in total. The Hall–Kier alpha value is -1.09. The minimum Gasteiger partial charge on any atom is -0.458 e. The highest BCUT2D eigenvalue weighted by Crippen LogP contribution is 2.47. The summed E-state index contributed by atoms with van der Waals surface area (Å²) in [6.45, 7) is 2.61. The molecular formula is C11H15NO2. The Balaban J connectivity index is 2.16. The molecular weight excluding hydrogens is 178 g/mol. The van der Waals surface area contributed by atoms with Crippen LogP contribution in [0.2, 0.25) is 0 Å². The third-order valence-electron chi connectivity index (χ3n) is 2.81. The molecule has 0 amide bonds. The Bertz CT molecular complexity index is 350. The van der Waals surface area contributed by atoms with E-state index in [4.69, 9.17) is 4.42 Å². The topological polar surface area (TPSA) is 42.2 Å². The third-order valence-corrected chi connectivity index (χ3v) is 2.81. The number of furan rings is 1. The molecule has 1 fully saturated rings. The van der Waals surface area contributed by atoms with Gasteiger partial charge in [-0.2, -0.15) is 0 Å². The quantitative estimate of drug-likeness (QED) is 0.741. The summed E-state index contributed by atoms with van der Waals surface area (Å²) in [4.78, 5) is 12.0. The number of rotatable bonds is 4. The van der Waals surface area contributed by atoms with Crippen LogP contribution in [0.4, 0.5) is 0 Å². The predicted molar refractivity (Wildman–Crippen MR) is 53.4 cm³/mol. The number of aryl methyl sites for hydroxylation is 1. The van der Waals surface area contributed by atoms with E-state index >= 15 is 0 Å². The van der Waals surface area contributed by atoms with Crippen molar-refractivity contribution in [3.8, 4) is 0 Å². The van der Waals surface area contributed by atoms with E-state index in [9.17, 15) is 4.79 Å². The first kappa shape index (κ1) is 9.46. The number of hydrogen-bond acceptors (Lipinski definition) is 3. The molecule has 0 saturated heterocycles. The van der Waals surface area contributed by atoms with Crippen LogP contribution in [0.5, 0.6) is 0 Å². The van der Waals surface area contributed by atoms with Crippen molar-refractivity contribution in [2.75, 3.05) is 13.6 Å². The predicted octanol–water partition coefficient (Wildman–Crippen LogP) is 1.77. The van der Waals surface area contributed by atoms with Crippen LogP contribution in [0.1, 0.15) is 29.2 Å². The standard InChI is InChI=1S/C11H15NO2/c1-8-3-4-9(14-8)10(13)11(5-6-11)7-12-2/h3-4,12H,5-7H2,1-2H3. The average Bonchev–Trinajstić information content (AvgIpc) is 2.81. The first-order chi connectivity index (χ1) is 6.68. The van der Waals surface area contributed by atoms with E-state index in [0.29, 0.717) is 5.76 Å². The van der Waals surface area contributed by atoms with Crippen molar-refractivity contribution in [2.45, 2.75) is 19.8 Å². The second-order valence-electron chi connectivity index (χ2n) is 4.05. The highest BCUT2D eigenvalue weighted by Gasteiger charge is 2.50. The number of hydrogen-bond donors (Lipinski definition) is 1. The molecule has 1 heterocycles. The zero-order chi connectivity index (χ0) is 10.2. The molecule has 0 unspecified atom stereocenters. The normalized spacial score (nSPS) is 18.1. The lowest BCUT2D eigenvalue weighted by atomic mass is 9.99. The van der Waals surface area contributed by atoms with Gasteiger partial charge in [-0.25, -0.2) is 0 Å². The van der Waals surface area contributed by atoms with Gasteiger partial charge >= 0.3 is 0 Å². The van der Waals surface area contributed by atoms with Crippen molar-refractivity contribution in [3.05, 3.63) is 23.7 Å². The van der Waals surface area contributed by atoms with Gasteiger partial charge in [0, 0.05) is 12.0 Å². The molecule has 0 spiro atoms. The Morgan fingerprint density at radius 3 is 2.71 bits per heavy atom. The minimum absolute atomic E-state index is 0.153. The van der Waals surface area contributed by atoms with Crippen LogP contribution >= 0.6 is 0 Å². The lowest BCUT2D eigenvalue weighted by Gasteiger charge is -2.10. The molecule has 0 bridgehead atoms. The molecule has 2 rings (SSSR count). The van der Waals surface area contributed by atoms with Crippen molar-refractivity contribution in [1.82, 2.24) is 5.32 Å². The maximum Gasteiger partial charge on any atom is 0.205 e. The monoisotopic (exact) mass is 193 g/mol. The maximum atomic E-state index is 12.0. The van der Waals surface area contributed by atoms with Crippen LogP contribution in [0.3, 0.4) is 0 Å². The fourth-order valence-corrected chi connectivity index (χ4v) is 1.79. The van der Waals surface area contributed by atoms with E-state index in [1.54, 1.807) is 6.07 Å². The third kappa shape index (κ3) is 1.48. The van der Waals surface area contributed by atoms with E-state index in [1.165, 1.54) is 0 Å². The van der Waals surface area contributed by atoms with Gasteiger partial charge in [-0.15, -0.1) is 0 Å². The summed E-state index contributed by atoms with van der Waals surface area (Å²) in [6, 6.07) is 3.61. The zero-order valence-electron chi connectivity index (χ0n) is 8.59. The summed E-state index contributed by atoms with van der Waals surface area (Å²) in [5, 5.41) is 3.07. The van der Waals surface area contributed by atoms with E-state index in [0.717, 1.165) is 25.1 Å². The van der Waals surface area contributed by atoms with Crippen LogP contribution in [0.15, 0.2) is 16.5 Å². The number of ketones is 1. The van der Waals surface area contributed by atoms with Gasteiger partial charge in [0.25, 0.3) is 0 Å². The SMILES string of the molecule is CNCC1(C(=O)c2ccc(C)o2)CC1. The van der Waals surface area contributed by atoms with Crippen LogP contribution < -0.4 is 5.32 Å². The van der Waals surface area contributed by atoms with Gasteiger partial charge in [-0.1, -0.05) is 0 Å². The Morgan fingerprint density at radius 1 is 1.57 bits per heavy atom. The number of nitrogens with one attached hydrogen (secondary N) is 1. The van der Waals surface area contributed by atoms with Crippen LogP contribution in [0, 0.1) is 12.3 Å². The molecule has 1 aromatic heterocycles. The zero-order valence-corrected chi connectivity index (χ0v) is 8.59. The second kappa shape index (κ2) is 3.24. The Kier molecular flexibility index (Phi) is 2.19. The highest BCUT2D eigenvalue weighted by atomic mass is 16.3. The number of carbonyl (C=O) groups is 1. The summed E-state index contributed by atoms with van der Waals surface area (Å²) in [6.07, 6.45) is 1.96. The van der Waals surface area contributed by atoms with Crippen molar-refractivity contribution in [1.29, 1.82) is 0 Å². The molecule has 14 heavy (non-hydrogen) atoms. The first-order valence-electron chi connectivity index (χ1n) is 4.94. The molecule has 1 saturated carbocycles. The molecule has 3 heteroatoms. The molecule has 76 valence electrons. The molecule has 1 aromatic rings. The van der Waals surface area contributed by atoms with Crippen molar-refractivity contribution in [3.63, 3.8) is 0 Å². The van der Waals surface area contributed by atoms with Crippen molar-refractivity contribution < 1.29 is 9.21 Å². The molecule has 0 aromatic carbocycles. The smallest absolute Gasteiger partial charge is 0.205 e. The van der Waals surface area contributed by atoms with Gasteiger partial charge in [0.05, 0.1) is 0 Å². The van der Waals surface area contributed by atoms with Gasteiger partial charge in [-0.05, 0) is 38.9 Å². The maximum absolute atomic E-state index is 12.0. The fourth-order valence-electron chi connectivity index (χ4n) is 1.79. The van der Waals surface area contributed by atoms with Gasteiger partial charge in [0.2, 0.25) is 5.78 Å². The van der Waals surface area contributed by atoms with Gasteiger partial charge in [0.15, 0.2) is 5.76 Å². The molecule has 1 aliphatic carbocycles. The Labute approximate surface area is 83.5 Å². The molecule has 3 nitrogen and oxygen atoms in total. The second-order valence-corrected chi connectivity index (χ2v) is 4.05. The lowest BCUT2D eigenvalue weighted by molar-refractivity contribution is 0.0870. The molecule has 0 aliphatic heterocycles. The van der Waals surface area contributed by atoms with Crippen molar-refractivity contribution in [2.24, 2.45) is 5.41 Å². The minimum atomic E-state index is -0.168. The summed E-state index contributed by atoms with van der Waals surface area (Å²) >= 11 is 0. The fraction of sp³-hybridized carbons (Fsp3) is 0.545. The Morgan fingerprint density at radius 2 is 2.29 bits per heavy atom. The molecule has 0 radical (unpaired) electrons. The van der Waals surface area contributed by atoms with Gasteiger partial charge in [0.1, 0.15) is 5.76 Å². The number of Topliss-reactive ketones (excluding diaryl/α,β-unsaturated/α-hetero) is 1. The van der Waals surface area contributed by atoms with Crippen molar-refractivity contribution >= 4 is 5.78 Å². The van der Waals surface area contributed by atoms with E-state index in [1.807, 2.05) is 20.0 Å². The molecule has 0 atom stereocenters. The first-order valence-corrected chi connectivity index (χ1v) is 4.94. The average molecular weight is 193 g/mol. The van der Waals surface area contributed by atoms with Gasteiger partial charge < -0.3 is 9.73 Å². The highest BCUT2D eigenvalue weighted by molar-refractivity contribution is 6.00. The summed E-state index contributed by atoms with van der Waals surface area (Å²) < 4.78 is 5.34. The van der Waals surface area contributed by atoms with E-state index in [2.05, 4.69) is 5.32 Å². The van der Waals surface area contributed by atoms with Crippen LogP contribution in [-0.2, 0) is 0 Å². The largest absolute Gasteiger partial charge is 0.458 e. The van der Waals surface area contributed by atoms with E-state index in [-0.39, 0.29) is 11.2 Å². The summed E-state index contributed by atoms with van der Waals surface area (Å²) in [5.41, 5.74) is -0.168. The molecule has 1 aliphatic rings.